The maximum absolute atomic E-state index is 13.6. The third-order valence-corrected chi connectivity index (χ3v) is 8.75. The van der Waals surface area contributed by atoms with Gasteiger partial charge in [-0.05, 0) is 80.0 Å². The molecule has 2 aromatic heterocycles. The van der Waals surface area contributed by atoms with E-state index in [4.69, 9.17) is 9.52 Å². The molecule has 0 saturated heterocycles. The number of aromatic hydroxyl groups is 1. The molecule has 2 aliphatic carbocycles. The molecule has 4 N–H and O–H groups in total. The number of rotatable bonds is 8. The van der Waals surface area contributed by atoms with Gasteiger partial charge in [0, 0.05) is 52.5 Å². The molecular formula is C33H33N3O6. The second-order valence-electron chi connectivity index (χ2n) is 11.3. The van der Waals surface area contributed by atoms with Crippen LogP contribution in [0.2, 0.25) is 0 Å². The van der Waals surface area contributed by atoms with Crippen molar-refractivity contribution in [1.82, 2.24) is 9.88 Å². The first-order valence-corrected chi connectivity index (χ1v) is 14.3. The van der Waals surface area contributed by atoms with Crippen LogP contribution in [0.5, 0.6) is 5.75 Å². The number of furan rings is 1. The van der Waals surface area contributed by atoms with Gasteiger partial charge in [-0.25, -0.2) is 4.79 Å². The summed E-state index contributed by atoms with van der Waals surface area (Å²) in [5.74, 6) is -1.52. The number of anilines is 1. The van der Waals surface area contributed by atoms with Gasteiger partial charge in [0.05, 0.1) is 18.2 Å². The Kier molecular flexibility index (Phi) is 7.10. The lowest BCUT2D eigenvalue weighted by molar-refractivity contribution is -0.131. The molecule has 2 heterocycles. The fourth-order valence-corrected chi connectivity index (χ4v) is 6.39. The molecule has 0 spiro atoms. The highest BCUT2D eigenvalue weighted by molar-refractivity contribution is 6.06. The third-order valence-electron chi connectivity index (χ3n) is 8.75. The first-order valence-electron chi connectivity index (χ1n) is 14.3. The van der Waals surface area contributed by atoms with Crippen molar-refractivity contribution in [1.29, 1.82) is 0 Å². The average molecular weight is 568 g/mol. The van der Waals surface area contributed by atoms with Crippen molar-refractivity contribution in [3.05, 3.63) is 77.8 Å². The van der Waals surface area contributed by atoms with Gasteiger partial charge in [-0.1, -0.05) is 18.9 Å². The SMILES string of the molecule is Cn1c(-c2ccoc2)c(C2CCCC2)c2ccc(C(=O)NC3(C(=O)Nc4ccc(/C=C/C(=O)O)c(O)c4)CCC3)cc21. The van der Waals surface area contributed by atoms with Crippen LogP contribution in [-0.2, 0) is 16.6 Å². The molecule has 216 valence electrons. The number of fused-ring (bicyclic) bond motifs is 1. The van der Waals surface area contributed by atoms with Crippen LogP contribution in [0.4, 0.5) is 5.69 Å². The van der Waals surface area contributed by atoms with Gasteiger partial charge >= 0.3 is 5.97 Å². The summed E-state index contributed by atoms with van der Waals surface area (Å²) < 4.78 is 7.55. The number of aryl methyl sites for hydroxylation is 1. The number of aromatic nitrogens is 1. The van der Waals surface area contributed by atoms with Gasteiger partial charge in [0.15, 0.2) is 0 Å². The lowest BCUT2D eigenvalue weighted by Crippen LogP contribution is -2.61. The predicted octanol–water partition coefficient (Wildman–Crippen LogP) is 6.19. The maximum Gasteiger partial charge on any atom is 0.328 e. The van der Waals surface area contributed by atoms with Crippen molar-refractivity contribution in [2.24, 2.45) is 7.05 Å². The number of carbonyl (C=O) groups excluding carboxylic acids is 2. The third kappa shape index (κ3) is 4.95. The van der Waals surface area contributed by atoms with E-state index in [-0.39, 0.29) is 17.6 Å². The monoisotopic (exact) mass is 567 g/mol. The Morgan fingerprint density at radius 3 is 2.48 bits per heavy atom. The number of carboxylic acids is 1. The number of amides is 2. The molecule has 6 rings (SSSR count). The van der Waals surface area contributed by atoms with E-state index in [1.165, 1.54) is 36.6 Å². The van der Waals surface area contributed by atoms with Crippen LogP contribution < -0.4 is 10.6 Å². The van der Waals surface area contributed by atoms with Crippen LogP contribution in [0.25, 0.3) is 28.2 Å². The van der Waals surface area contributed by atoms with E-state index in [9.17, 15) is 19.5 Å². The predicted molar refractivity (Wildman–Crippen MR) is 159 cm³/mol. The zero-order valence-electron chi connectivity index (χ0n) is 23.4. The summed E-state index contributed by atoms with van der Waals surface area (Å²) in [5.41, 5.74) is 4.48. The molecule has 2 amide bonds. The molecule has 42 heavy (non-hydrogen) atoms. The Bertz CT molecular complexity index is 1710. The summed E-state index contributed by atoms with van der Waals surface area (Å²) in [4.78, 5) is 37.7. The molecule has 2 fully saturated rings. The van der Waals surface area contributed by atoms with Gasteiger partial charge in [0.2, 0.25) is 5.91 Å². The zero-order chi connectivity index (χ0) is 29.4. The quantitative estimate of drug-likeness (QED) is 0.188. The smallest absolute Gasteiger partial charge is 0.328 e. The molecule has 0 aliphatic heterocycles. The lowest BCUT2D eigenvalue weighted by atomic mass is 9.75. The van der Waals surface area contributed by atoms with Crippen molar-refractivity contribution in [3.8, 4) is 17.0 Å². The summed E-state index contributed by atoms with van der Waals surface area (Å²) in [6.07, 6.45) is 12.1. The van der Waals surface area contributed by atoms with E-state index in [0.717, 1.165) is 47.5 Å². The molecular weight excluding hydrogens is 534 g/mol. The Hall–Kier alpha value is -4.79. The largest absolute Gasteiger partial charge is 0.507 e. The number of nitrogens with zero attached hydrogens (tertiary/aromatic N) is 1. The fourth-order valence-electron chi connectivity index (χ4n) is 6.39. The molecule has 0 atom stereocenters. The standard InChI is InChI=1S/C33H33N3O6/c1-36-26-17-22(8-11-25(26)29(21-5-2-3-6-21)30(36)23-13-16-42-19-23)31(40)35-33(14-4-15-33)32(41)34-24-10-7-20(27(37)18-24)9-12-28(38)39/h7-13,16-19,21,37H,2-6,14-15H2,1H3,(H,34,41)(H,35,40)(H,38,39)/b12-9+. The molecule has 4 aromatic rings. The summed E-state index contributed by atoms with van der Waals surface area (Å²) >= 11 is 0. The number of carbonyl (C=O) groups is 3. The molecule has 9 nitrogen and oxygen atoms in total. The minimum atomic E-state index is -1.13. The maximum atomic E-state index is 13.6. The first kappa shape index (κ1) is 27.4. The second-order valence-corrected chi connectivity index (χ2v) is 11.3. The van der Waals surface area contributed by atoms with Crippen LogP contribution in [0.15, 0.2) is 65.5 Å². The Morgan fingerprint density at radius 2 is 1.83 bits per heavy atom. The van der Waals surface area contributed by atoms with Gasteiger partial charge in [-0.15, -0.1) is 0 Å². The van der Waals surface area contributed by atoms with E-state index >= 15 is 0 Å². The highest BCUT2D eigenvalue weighted by atomic mass is 16.4. The van der Waals surface area contributed by atoms with E-state index in [2.05, 4.69) is 15.2 Å². The normalized spacial score (nSPS) is 16.5. The minimum Gasteiger partial charge on any atom is -0.507 e. The number of nitrogens with one attached hydrogen (secondary N) is 2. The summed E-state index contributed by atoms with van der Waals surface area (Å²) in [5, 5.41) is 26.0. The number of phenolic OH excluding ortho intramolecular Hbond substituents is 1. The van der Waals surface area contributed by atoms with Crippen molar-refractivity contribution >= 4 is 40.4 Å². The Morgan fingerprint density at radius 1 is 1.05 bits per heavy atom. The minimum absolute atomic E-state index is 0.167. The van der Waals surface area contributed by atoms with Crippen LogP contribution in [0.3, 0.4) is 0 Å². The topological polar surface area (TPSA) is 134 Å². The lowest BCUT2D eigenvalue weighted by Gasteiger charge is -2.40. The summed E-state index contributed by atoms with van der Waals surface area (Å²) in [6, 6.07) is 12.2. The summed E-state index contributed by atoms with van der Waals surface area (Å²) in [6.45, 7) is 0. The van der Waals surface area contributed by atoms with E-state index in [0.29, 0.717) is 35.6 Å². The van der Waals surface area contributed by atoms with Crippen molar-refractivity contribution in [2.45, 2.75) is 56.4 Å². The number of carboxylic acid groups (broad SMARTS) is 1. The van der Waals surface area contributed by atoms with Crippen molar-refractivity contribution in [3.63, 3.8) is 0 Å². The van der Waals surface area contributed by atoms with Gasteiger partial charge < -0.3 is 29.8 Å². The van der Waals surface area contributed by atoms with E-state index in [1.54, 1.807) is 18.6 Å². The molecule has 2 aromatic carbocycles. The van der Waals surface area contributed by atoms with Gasteiger partial charge in [0.1, 0.15) is 11.3 Å². The number of aliphatic carboxylic acids is 1. The van der Waals surface area contributed by atoms with Crippen LogP contribution in [-0.4, -0.2) is 38.1 Å². The molecule has 2 aliphatic rings. The molecule has 9 heteroatoms. The average Bonchev–Trinajstić information content (AvgIpc) is 3.71. The highest BCUT2D eigenvalue weighted by Gasteiger charge is 2.45. The molecule has 0 bridgehead atoms. The summed E-state index contributed by atoms with van der Waals surface area (Å²) in [7, 11) is 2.02. The number of hydrogen-bond donors (Lipinski definition) is 4. The zero-order valence-corrected chi connectivity index (χ0v) is 23.4. The van der Waals surface area contributed by atoms with Crippen LogP contribution in [0, 0.1) is 0 Å². The van der Waals surface area contributed by atoms with E-state index < -0.39 is 11.5 Å². The molecule has 2 saturated carbocycles. The Balaban J connectivity index is 1.25. The van der Waals surface area contributed by atoms with Gasteiger partial charge in [-0.3, -0.25) is 9.59 Å². The second kappa shape index (κ2) is 10.9. The van der Waals surface area contributed by atoms with Crippen LogP contribution in [0.1, 0.15) is 72.3 Å². The van der Waals surface area contributed by atoms with Gasteiger partial charge in [-0.2, -0.15) is 0 Å². The first-order chi connectivity index (χ1) is 20.3. The number of benzene rings is 2. The van der Waals surface area contributed by atoms with E-state index in [1.807, 2.05) is 31.3 Å². The van der Waals surface area contributed by atoms with Crippen LogP contribution >= 0.6 is 0 Å². The van der Waals surface area contributed by atoms with Crippen molar-refractivity contribution < 1.29 is 29.0 Å². The Labute approximate surface area is 242 Å². The van der Waals surface area contributed by atoms with Gasteiger partial charge in [0.25, 0.3) is 5.91 Å². The number of phenols is 1. The molecule has 0 unspecified atom stereocenters. The van der Waals surface area contributed by atoms with Crippen molar-refractivity contribution in [2.75, 3.05) is 5.32 Å². The fraction of sp³-hybridized carbons (Fsp3) is 0.303. The highest BCUT2D eigenvalue weighted by Crippen LogP contribution is 2.45. The molecule has 0 radical (unpaired) electrons. The number of hydrogen-bond acceptors (Lipinski definition) is 5.